The fourth-order valence-corrected chi connectivity index (χ4v) is 4.30. The second-order valence-electron chi connectivity index (χ2n) is 8.81. The zero-order valence-electron chi connectivity index (χ0n) is 19.5. The lowest BCUT2D eigenvalue weighted by atomic mass is 9.96. The van der Waals surface area contributed by atoms with Gasteiger partial charge in [-0.2, -0.15) is 0 Å². The molecule has 176 valence electrons. The summed E-state index contributed by atoms with van der Waals surface area (Å²) in [6.45, 7) is 5.44. The summed E-state index contributed by atoms with van der Waals surface area (Å²) in [7, 11) is 0. The van der Waals surface area contributed by atoms with Crippen LogP contribution in [-0.2, 0) is 11.3 Å². The molecule has 2 heterocycles. The molecular weight excluding hydrogens is 430 g/mol. The number of rotatable bonds is 6. The fourth-order valence-electron chi connectivity index (χ4n) is 4.30. The number of furan rings is 1. The van der Waals surface area contributed by atoms with E-state index in [-0.39, 0.29) is 29.4 Å². The quantitative estimate of drug-likeness (QED) is 0.574. The van der Waals surface area contributed by atoms with Crippen LogP contribution in [0.15, 0.2) is 65.3 Å². The van der Waals surface area contributed by atoms with E-state index in [1.807, 2.05) is 44.2 Å². The number of hydrogen-bond donors (Lipinski definition) is 2. The molecule has 1 saturated heterocycles. The molecule has 1 aromatic heterocycles. The van der Waals surface area contributed by atoms with Crippen LogP contribution in [0, 0.1) is 19.8 Å². The van der Waals surface area contributed by atoms with Gasteiger partial charge in [0.2, 0.25) is 5.91 Å². The average molecular weight is 460 g/mol. The summed E-state index contributed by atoms with van der Waals surface area (Å²) in [6.07, 6.45) is 3.02. The minimum atomic E-state index is -0.316. The van der Waals surface area contributed by atoms with Gasteiger partial charge in [0.1, 0.15) is 0 Å². The first-order valence-corrected chi connectivity index (χ1v) is 11.5. The Balaban J connectivity index is 1.29. The van der Waals surface area contributed by atoms with Crippen LogP contribution in [0.4, 0.5) is 5.69 Å². The molecule has 3 amide bonds. The normalized spacial score (nSPS) is 15.6. The first-order chi connectivity index (χ1) is 16.4. The molecule has 0 saturated carbocycles. The van der Waals surface area contributed by atoms with Gasteiger partial charge < -0.3 is 20.0 Å². The first kappa shape index (κ1) is 23.3. The maximum Gasteiger partial charge on any atom is 0.291 e. The zero-order valence-corrected chi connectivity index (χ0v) is 19.5. The van der Waals surface area contributed by atoms with E-state index in [1.165, 1.54) is 6.26 Å². The molecule has 4 rings (SSSR count). The van der Waals surface area contributed by atoms with E-state index >= 15 is 0 Å². The van der Waals surface area contributed by atoms with E-state index in [1.54, 1.807) is 29.2 Å². The van der Waals surface area contributed by atoms with Crippen LogP contribution in [0.3, 0.4) is 0 Å². The number of likely N-dealkylation sites (tertiary alicyclic amines) is 1. The number of anilines is 1. The summed E-state index contributed by atoms with van der Waals surface area (Å²) in [4.78, 5) is 39.7. The largest absolute Gasteiger partial charge is 0.459 e. The molecule has 0 radical (unpaired) electrons. The molecule has 1 fully saturated rings. The number of piperidine rings is 1. The van der Waals surface area contributed by atoms with Crippen molar-refractivity contribution in [3.05, 3.63) is 88.9 Å². The van der Waals surface area contributed by atoms with Crippen molar-refractivity contribution in [3.63, 3.8) is 0 Å². The number of nitrogens with one attached hydrogen (secondary N) is 2. The topological polar surface area (TPSA) is 91.7 Å². The monoisotopic (exact) mass is 459 g/mol. The van der Waals surface area contributed by atoms with Crippen LogP contribution in [0.1, 0.15) is 50.4 Å². The van der Waals surface area contributed by atoms with Gasteiger partial charge >= 0.3 is 0 Å². The van der Waals surface area contributed by atoms with E-state index in [2.05, 4.69) is 10.6 Å². The van der Waals surface area contributed by atoms with Crippen molar-refractivity contribution < 1.29 is 18.8 Å². The van der Waals surface area contributed by atoms with Crippen molar-refractivity contribution in [2.75, 3.05) is 18.4 Å². The lowest BCUT2D eigenvalue weighted by Gasteiger charge is -2.32. The molecule has 2 aromatic carbocycles. The molecule has 0 bridgehead atoms. The van der Waals surface area contributed by atoms with Crippen molar-refractivity contribution in [1.29, 1.82) is 0 Å². The molecule has 7 nitrogen and oxygen atoms in total. The van der Waals surface area contributed by atoms with Crippen LogP contribution in [0.5, 0.6) is 0 Å². The molecule has 1 unspecified atom stereocenters. The smallest absolute Gasteiger partial charge is 0.291 e. The standard InChI is InChI=1S/C27H29N3O4/c1-18-13-19(2)15-22(14-18)27(33)30-11-3-5-21(17-30)25(31)28-16-20-7-9-23(10-8-20)29-26(32)24-6-4-12-34-24/h4,6-10,12-15,21H,3,5,11,16-17H2,1-2H3,(H,28,31)(H,29,32). The molecule has 0 spiro atoms. The van der Waals surface area contributed by atoms with Gasteiger partial charge in [-0.1, -0.05) is 29.3 Å². The highest BCUT2D eigenvalue weighted by Gasteiger charge is 2.29. The maximum absolute atomic E-state index is 13.0. The number of benzene rings is 2. The predicted octanol–water partition coefficient (Wildman–Crippen LogP) is 4.32. The summed E-state index contributed by atoms with van der Waals surface area (Å²) >= 11 is 0. The van der Waals surface area contributed by atoms with Gasteiger partial charge in [-0.25, -0.2) is 0 Å². The highest BCUT2D eigenvalue weighted by molar-refractivity contribution is 6.02. The molecular formula is C27H29N3O4. The molecule has 1 aliphatic rings. The molecule has 2 N–H and O–H groups in total. The van der Waals surface area contributed by atoms with Crippen LogP contribution in [0.2, 0.25) is 0 Å². The Bertz CT molecular complexity index is 1150. The third-order valence-electron chi connectivity index (χ3n) is 5.97. The van der Waals surface area contributed by atoms with Gasteiger partial charge in [-0.05, 0) is 68.7 Å². The number of hydrogen-bond acceptors (Lipinski definition) is 4. The Morgan fingerprint density at radius 3 is 2.44 bits per heavy atom. The minimum Gasteiger partial charge on any atom is -0.459 e. The van der Waals surface area contributed by atoms with Crippen LogP contribution >= 0.6 is 0 Å². The van der Waals surface area contributed by atoms with E-state index in [0.29, 0.717) is 30.9 Å². The SMILES string of the molecule is Cc1cc(C)cc(C(=O)N2CCCC(C(=O)NCc3ccc(NC(=O)c4ccco4)cc3)C2)c1. The predicted molar refractivity (Wildman–Crippen MR) is 129 cm³/mol. The van der Waals surface area contributed by atoms with Gasteiger partial charge in [-0.3, -0.25) is 14.4 Å². The summed E-state index contributed by atoms with van der Waals surface area (Å²) < 4.78 is 5.09. The summed E-state index contributed by atoms with van der Waals surface area (Å²) in [5, 5.41) is 5.76. The van der Waals surface area contributed by atoms with Crippen molar-refractivity contribution in [3.8, 4) is 0 Å². The summed E-state index contributed by atoms with van der Waals surface area (Å²) in [6, 6.07) is 16.4. The Morgan fingerprint density at radius 1 is 1.03 bits per heavy atom. The van der Waals surface area contributed by atoms with E-state index in [9.17, 15) is 14.4 Å². The van der Waals surface area contributed by atoms with Crippen molar-refractivity contribution >= 4 is 23.4 Å². The third-order valence-corrected chi connectivity index (χ3v) is 5.97. The van der Waals surface area contributed by atoms with Gasteiger partial charge in [0.25, 0.3) is 11.8 Å². The summed E-state index contributed by atoms with van der Waals surface area (Å²) in [5.74, 6) is -0.364. The molecule has 0 aliphatic carbocycles. The highest BCUT2D eigenvalue weighted by atomic mass is 16.3. The van der Waals surface area contributed by atoms with Crippen LogP contribution in [0.25, 0.3) is 0 Å². The minimum absolute atomic E-state index is 0.0171. The average Bonchev–Trinajstić information content (AvgIpc) is 3.38. The maximum atomic E-state index is 13.0. The Hall–Kier alpha value is -3.87. The Morgan fingerprint density at radius 2 is 1.76 bits per heavy atom. The first-order valence-electron chi connectivity index (χ1n) is 11.5. The van der Waals surface area contributed by atoms with E-state index < -0.39 is 0 Å². The van der Waals surface area contributed by atoms with E-state index in [4.69, 9.17) is 4.42 Å². The van der Waals surface area contributed by atoms with Crippen molar-refractivity contribution in [2.45, 2.75) is 33.2 Å². The second-order valence-corrected chi connectivity index (χ2v) is 8.81. The van der Waals surface area contributed by atoms with Crippen LogP contribution in [-0.4, -0.2) is 35.7 Å². The number of carbonyl (C=O) groups excluding carboxylic acids is 3. The number of nitrogens with zero attached hydrogens (tertiary/aromatic N) is 1. The molecule has 1 atom stereocenters. The lowest BCUT2D eigenvalue weighted by Crippen LogP contribution is -2.45. The molecule has 1 aliphatic heterocycles. The van der Waals surface area contributed by atoms with Gasteiger partial charge in [0.05, 0.1) is 12.2 Å². The van der Waals surface area contributed by atoms with E-state index in [0.717, 1.165) is 29.5 Å². The lowest BCUT2D eigenvalue weighted by molar-refractivity contribution is -0.126. The van der Waals surface area contributed by atoms with Crippen LogP contribution < -0.4 is 10.6 Å². The summed E-state index contributed by atoms with van der Waals surface area (Å²) in [5.41, 5.74) is 4.35. The zero-order chi connectivity index (χ0) is 24.1. The Labute approximate surface area is 199 Å². The molecule has 3 aromatic rings. The second kappa shape index (κ2) is 10.4. The van der Waals surface area contributed by atoms with Gasteiger partial charge in [0, 0.05) is 30.9 Å². The molecule has 34 heavy (non-hydrogen) atoms. The number of carbonyl (C=O) groups is 3. The molecule has 7 heteroatoms. The highest BCUT2D eigenvalue weighted by Crippen LogP contribution is 2.20. The third kappa shape index (κ3) is 5.73. The van der Waals surface area contributed by atoms with Crippen molar-refractivity contribution in [1.82, 2.24) is 10.2 Å². The number of aryl methyl sites for hydroxylation is 2. The van der Waals surface area contributed by atoms with Gasteiger partial charge in [0.15, 0.2) is 5.76 Å². The number of amides is 3. The van der Waals surface area contributed by atoms with Crippen molar-refractivity contribution in [2.24, 2.45) is 5.92 Å². The fraction of sp³-hybridized carbons (Fsp3) is 0.296. The Kier molecular flexibility index (Phi) is 7.11. The van der Waals surface area contributed by atoms with Gasteiger partial charge in [-0.15, -0.1) is 0 Å².